The Bertz CT molecular complexity index is 1470. The maximum Gasteiger partial charge on any atom is 0.379 e. The van der Waals surface area contributed by atoms with Gasteiger partial charge in [-0.05, 0) is 42.0 Å². The Labute approximate surface area is 180 Å². The molecule has 0 fully saturated rings. The molecule has 0 saturated carbocycles. The first kappa shape index (κ1) is 19.2. The van der Waals surface area contributed by atoms with Gasteiger partial charge in [-0.1, -0.05) is 24.3 Å². The standard InChI is InChI=1S/C24H14N2O6/c25-12-16-19(13-7-9-14(10-8-13)30-23(27)18-6-3-11-29-18)20-21(32-22(16)26)15-4-1-2-5-17(15)31-24(20)28/h1-11,19H,26H2/t19-/m0/s1. The van der Waals surface area contributed by atoms with E-state index in [0.717, 1.165) is 0 Å². The highest BCUT2D eigenvalue weighted by Gasteiger charge is 2.35. The van der Waals surface area contributed by atoms with Crippen molar-refractivity contribution in [2.75, 3.05) is 0 Å². The second-order valence-electron chi connectivity index (χ2n) is 6.99. The lowest BCUT2D eigenvalue weighted by molar-refractivity contribution is 0.0701. The number of hydrogen-bond acceptors (Lipinski definition) is 8. The van der Waals surface area contributed by atoms with E-state index in [1.165, 1.54) is 12.3 Å². The van der Waals surface area contributed by atoms with Gasteiger partial charge in [0.2, 0.25) is 11.6 Å². The van der Waals surface area contributed by atoms with Crippen LogP contribution in [-0.4, -0.2) is 5.97 Å². The van der Waals surface area contributed by atoms with Crippen LogP contribution < -0.4 is 20.8 Å². The van der Waals surface area contributed by atoms with Crippen LogP contribution in [0.2, 0.25) is 0 Å². The summed E-state index contributed by atoms with van der Waals surface area (Å²) in [6.45, 7) is 0. The van der Waals surface area contributed by atoms with Gasteiger partial charge in [-0.3, -0.25) is 0 Å². The topological polar surface area (TPSA) is 129 Å². The third kappa shape index (κ3) is 3.09. The Balaban J connectivity index is 1.58. The SMILES string of the molecule is N#CC1=C(N)Oc2c(c(=O)oc3ccccc23)[C@H]1c1ccc(OC(=O)c2ccco2)cc1. The molecule has 32 heavy (non-hydrogen) atoms. The van der Waals surface area contributed by atoms with Crippen LogP contribution in [0, 0.1) is 11.3 Å². The quantitative estimate of drug-likeness (QED) is 0.297. The van der Waals surface area contributed by atoms with Crippen LogP contribution in [0.25, 0.3) is 11.0 Å². The smallest absolute Gasteiger partial charge is 0.379 e. The van der Waals surface area contributed by atoms with Crippen LogP contribution in [0.15, 0.2) is 92.0 Å². The number of para-hydroxylation sites is 1. The Hall–Kier alpha value is -4.77. The molecule has 156 valence electrons. The molecule has 0 aliphatic carbocycles. The van der Waals surface area contributed by atoms with Crippen molar-refractivity contribution >= 4 is 16.9 Å². The van der Waals surface area contributed by atoms with Crippen LogP contribution in [0.5, 0.6) is 11.5 Å². The van der Waals surface area contributed by atoms with Crippen LogP contribution >= 0.6 is 0 Å². The van der Waals surface area contributed by atoms with Gasteiger partial charge in [-0.15, -0.1) is 0 Å². The molecule has 5 rings (SSSR count). The molecule has 2 aromatic heterocycles. The Morgan fingerprint density at radius 2 is 1.84 bits per heavy atom. The number of nitriles is 1. The number of ether oxygens (including phenoxy) is 2. The van der Waals surface area contributed by atoms with Crippen molar-refractivity contribution in [2.24, 2.45) is 5.73 Å². The summed E-state index contributed by atoms with van der Waals surface area (Å²) in [7, 11) is 0. The van der Waals surface area contributed by atoms with Crippen LogP contribution in [-0.2, 0) is 0 Å². The molecular weight excluding hydrogens is 412 g/mol. The van der Waals surface area contributed by atoms with Crippen molar-refractivity contribution in [3.05, 3.63) is 106 Å². The molecule has 8 heteroatoms. The minimum absolute atomic E-state index is 0.0689. The summed E-state index contributed by atoms with van der Waals surface area (Å²) in [6.07, 6.45) is 1.37. The number of rotatable bonds is 3. The molecule has 0 saturated heterocycles. The van der Waals surface area contributed by atoms with Gasteiger partial charge in [0, 0.05) is 0 Å². The fraction of sp³-hybridized carbons (Fsp3) is 0.0417. The number of nitrogens with two attached hydrogens (primary N) is 1. The molecule has 0 unspecified atom stereocenters. The molecule has 8 nitrogen and oxygen atoms in total. The van der Waals surface area contributed by atoms with E-state index >= 15 is 0 Å². The summed E-state index contributed by atoms with van der Waals surface area (Å²) in [5.41, 5.74) is 6.61. The summed E-state index contributed by atoms with van der Waals surface area (Å²) in [5, 5.41) is 10.3. The summed E-state index contributed by atoms with van der Waals surface area (Å²) >= 11 is 0. The number of fused-ring (bicyclic) bond motifs is 3. The van der Waals surface area contributed by atoms with Crippen LogP contribution in [0.3, 0.4) is 0 Å². The van der Waals surface area contributed by atoms with Crippen molar-refractivity contribution in [1.29, 1.82) is 5.26 Å². The van der Waals surface area contributed by atoms with E-state index in [4.69, 9.17) is 24.0 Å². The predicted octanol–water partition coefficient (Wildman–Crippen LogP) is 3.82. The van der Waals surface area contributed by atoms with Gasteiger partial charge in [0.1, 0.15) is 23.0 Å². The van der Waals surface area contributed by atoms with Gasteiger partial charge in [-0.2, -0.15) is 5.26 Å². The molecule has 1 atom stereocenters. The van der Waals surface area contributed by atoms with Gasteiger partial charge in [0.25, 0.3) is 0 Å². The highest BCUT2D eigenvalue weighted by molar-refractivity contribution is 5.88. The number of benzene rings is 2. The molecule has 2 N–H and O–H groups in total. The number of allylic oxidation sites excluding steroid dienone is 1. The highest BCUT2D eigenvalue weighted by atomic mass is 16.5. The molecule has 0 radical (unpaired) electrons. The lowest BCUT2D eigenvalue weighted by atomic mass is 9.84. The zero-order valence-corrected chi connectivity index (χ0v) is 16.4. The zero-order valence-electron chi connectivity index (χ0n) is 16.4. The van der Waals surface area contributed by atoms with Gasteiger partial charge in [0.15, 0.2) is 5.75 Å². The molecule has 0 bridgehead atoms. The van der Waals surface area contributed by atoms with Gasteiger partial charge < -0.3 is 24.0 Å². The van der Waals surface area contributed by atoms with Gasteiger partial charge in [0.05, 0.1) is 23.1 Å². The van der Waals surface area contributed by atoms with E-state index in [-0.39, 0.29) is 34.3 Å². The van der Waals surface area contributed by atoms with Gasteiger partial charge >= 0.3 is 11.6 Å². The summed E-state index contributed by atoms with van der Waals surface area (Å²) in [5.74, 6) is -0.948. The average molecular weight is 426 g/mol. The van der Waals surface area contributed by atoms with Crippen molar-refractivity contribution < 1.29 is 23.1 Å². The summed E-state index contributed by atoms with van der Waals surface area (Å²) < 4.78 is 21.5. The third-order valence-electron chi connectivity index (χ3n) is 5.12. The maximum absolute atomic E-state index is 12.9. The number of hydrogen-bond donors (Lipinski definition) is 1. The molecule has 0 spiro atoms. The molecule has 4 aromatic rings. The fourth-order valence-electron chi connectivity index (χ4n) is 3.68. The summed E-state index contributed by atoms with van der Waals surface area (Å²) in [6, 6.07) is 18.4. The summed E-state index contributed by atoms with van der Waals surface area (Å²) in [4.78, 5) is 25.0. The lowest BCUT2D eigenvalue weighted by Gasteiger charge is -2.26. The van der Waals surface area contributed by atoms with E-state index in [1.54, 1.807) is 54.6 Å². The molecule has 1 aliphatic rings. The monoisotopic (exact) mass is 426 g/mol. The molecule has 2 aromatic carbocycles. The van der Waals surface area contributed by atoms with Crippen molar-refractivity contribution in [3.63, 3.8) is 0 Å². The Morgan fingerprint density at radius 3 is 2.56 bits per heavy atom. The minimum Gasteiger partial charge on any atom is -0.457 e. The first-order valence-corrected chi connectivity index (χ1v) is 9.56. The van der Waals surface area contributed by atoms with E-state index < -0.39 is 17.5 Å². The average Bonchev–Trinajstić information content (AvgIpc) is 3.34. The molecule has 3 heterocycles. The van der Waals surface area contributed by atoms with E-state index in [0.29, 0.717) is 16.5 Å². The molecule has 1 aliphatic heterocycles. The normalized spacial score (nSPS) is 15.0. The second kappa shape index (κ2) is 7.49. The maximum atomic E-state index is 12.9. The van der Waals surface area contributed by atoms with E-state index in [1.807, 2.05) is 6.07 Å². The zero-order chi connectivity index (χ0) is 22.2. The fourth-order valence-corrected chi connectivity index (χ4v) is 3.68. The van der Waals surface area contributed by atoms with Crippen LogP contribution in [0.1, 0.15) is 27.6 Å². The number of furan rings is 1. The number of carbonyl (C=O) groups excluding carboxylic acids is 1. The third-order valence-corrected chi connectivity index (χ3v) is 5.12. The van der Waals surface area contributed by atoms with Crippen LogP contribution in [0.4, 0.5) is 0 Å². The molecular formula is C24H14N2O6. The number of esters is 1. The van der Waals surface area contributed by atoms with E-state index in [9.17, 15) is 14.9 Å². The van der Waals surface area contributed by atoms with Crippen molar-refractivity contribution in [2.45, 2.75) is 5.92 Å². The Kier molecular flexibility index (Phi) is 4.49. The minimum atomic E-state index is -0.806. The second-order valence-corrected chi connectivity index (χ2v) is 6.99. The number of nitrogens with zero attached hydrogens (tertiary/aromatic N) is 1. The highest BCUT2D eigenvalue weighted by Crippen LogP contribution is 2.43. The number of carbonyl (C=O) groups is 1. The predicted molar refractivity (Wildman–Crippen MR) is 112 cm³/mol. The van der Waals surface area contributed by atoms with Gasteiger partial charge in [-0.25, -0.2) is 9.59 Å². The largest absolute Gasteiger partial charge is 0.457 e. The first-order valence-electron chi connectivity index (χ1n) is 9.56. The van der Waals surface area contributed by atoms with E-state index in [2.05, 4.69) is 0 Å². The van der Waals surface area contributed by atoms with Crippen molar-refractivity contribution in [1.82, 2.24) is 0 Å². The first-order chi connectivity index (χ1) is 15.6. The lowest BCUT2D eigenvalue weighted by Crippen LogP contribution is -2.26. The molecule has 0 amide bonds. The Morgan fingerprint density at radius 1 is 1.06 bits per heavy atom. The van der Waals surface area contributed by atoms with Crippen molar-refractivity contribution in [3.8, 4) is 17.6 Å².